The van der Waals surface area contributed by atoms with Crippen molar-refractivity contribution in [3.8, 4) is 0 Å². The molecule has 0 N–H and O–H groups in total. The lowest BCUT2D eigenvalue weighted by atomic mass is 10.1. The molecule has 2 rings (SSSR count). The van der Waals surface area contributed by atoms with Gasteiger partial charge in [0.15, 0.2) is 5.82 Å². The van der Waals surface area contributed by atoms with Crippen LogP contribution >= 0.6 is 23.4 Å². The van der Waals surface area contributed by atoms with E-state index >= 15 is 0 Å². The first-order chi connectivity index (χ1) is 10.0. The highest BCUT2D eigenvalue weighted by Gasteiger charge is 2.12. The van der Waals surface area contributed by atoms with Gasteiger partial charge in [0.1, 0.15) is 5.78 Å². The molecule has 0 fully saturated rings. The van der Waals surface area contributed by atoms with Gasteiger partial charge in [0.2, 0.25) is 5.89 Å². The topological polar surface area (TPSA) is 56.0 Å². The molecule has 0 bridgehead atoms. The maximum atomic E-state index is 11.7. The number of hydrogen-bond acceptors (Lipinski definition) is 5. The second-order valence-corrected chi connectivity index (χ2v) is 6.65. The first-order valence-corrected chi connectivity index (χ1v) is 8.11. The van der Waals surface area contributed by atoms with Crippen LogP contribution in [-0.4, -0.2) is 15.9 Å². The van der Waals surface area contributed by atoms with Crippen LogP contribution in [0.5, 0.6) is 0 Å². The minimum absolute atomic E-state index is 0.127. The Balaban J connectivity index is 1.87. The van der Waals surface area contributed by atoms with Crippen molar-refractivity contribution in [2.45, 2.75) is 37.3 Å². The van der Waals surface area contributed by atoms with E-state index in [-0.39, 0.29) is 12.2 Å². The van der Waals surface area contributed by atoms with Crippen LogP contribution in [0.3, 0.4) is 0 Å². The van der Waals surface area contributed by atoms with Crippen LogP contribution in [0.15, 0.2) is 33.7 Å². The average molecular weight is 325 g/mol. The zero-order valence-corrected chi connectivity index (χ0v) is 13.6. The van der Waals surface area contributed by atoms with Crippen molar-refractivity contribution in [1.29, 1.82) is 0 Å². The Morgan fingerprint density at radius 3 is 2.95 bits per heavy atom. The maximum absolute atomic E-state index is 11.7. The number of carbonyl (C=O) groups excluding carboxylic acids is 1. The molecule has 0 atom stereocenters. The van der Waals surface area contributed by atoms with Crippen LogP contribution in [0.1, 0.15) is 32.0 Å². The van der Waals surface area contributed by atoms with E-state index in [1.807, 2.05) is 38.1 Å². The summed E-state index contributed by atoms with van der Waals surface area (Å²) in [5.74, 6) is 2.04. The summed E-state index contributed by atoms with van der Waals surface area (Å²) >= 11 is 7.51. The van der Waals surface area contributed by atoms with Crippen molar-refractivity contribution >= 4 is 29.1 Å². The van der Waals surface area contributed by atoms with Crippen LogP contribution in [0.4, 0.5) is 0 Å². The molecule has 0 radical (unpaired) electrons. The Labute approximate surface area is 133 Å². The van der Waals surface area contributed by atoms with Crippen molar-refractivity contribution in [2.24, 2.45) is 5.92 Å². The van der Waals surface area contributed by atoms with E-state index in [1.54, 1.807) is 11.8 Å². The Bertz CT molecular complexity index is 613. The van der Waals surface area contributed by atoms with E-state index in [0.717, 1.165) is 4.90 Å². The number of ketones is 1. The minimum atomic E-state index is 0.127. The predicted octanol–water partition coefficient (Wildman–Crippen LogP) is 4.17. The normalized spacial score (nSPS) is 11.0. The number of hydrogen-bond donors (Lipinski definition) is 0. The molecule has 0 saturated heterocycles. The number of rotatable bonds is 7. The summed E-state index contributed by atoms with van der Waals surface area (Å²) in [7, 11) is 0. The lowest BCUT2D eigenvalue weighted by Crippen LogP contribution is -2.06. The molecule has 0 spiro atoms. The Morgan fingerprint density at radius 1 is 1.43 bits per heavy atom. The van der Waals surface area contributed by atoms with Gasteiger partial charge in [0.05, 0.1) is 12.2 Å². The first kappa shape index (κ1) is 16.0. The van der Waals surface area contributed by atoms with Gasteiger partial charge in [-0.05, 0) is 24.1 Å². The molecule has 0 aliphatic heterocycles. The lowest BCUT2D eigenvalue weighted by Gasteiger charge is -2.00. The molecule has 1 aromatic heterocycles. The van der Waals surface area contributed by atoms with E-state index < -0.39 is 0 Å². The zero-order valence-electron chi connectivity index (χ0n) is 12.0. The van der Waals surface area contributed by atoms with Gasteiger partial charge < -0.3 is 4.52 Å². The maximum Gasteiger partial charge on any atom is 0.234 e. The quantitative estimate of drug-likeness (QED) is 0.715. The SMILES string of the molecule is CC(C)CC(=O)Cc1nc(CSc2cccc(Cl)c2)no1. The van der Waals surface area contributed by atoms with E-state index in [1.165, 1.54) is 0 Å². The molecule has 0 saturated carbocycles. The Kier molecular flexibility index (Phi) is 5.82. The van der Waals surface area contributed by atoms with E-state index in [9.17, 15) is 4.79 Å². The summed E-state index contributed by atoms with van der Waals surface area (Å²) < 4.78 is 5.11. The van der Waals surface area contributed by atoms with Crippen molar-refractivity contribution in [3.05, 3.63) is 41.0 Å². The minimum Gasteiger partial charge on any atom is -0.339 e. The lowest BCUT2D eigenvalue weighted by molar-refractivity contribution is -0.119. The third kappa shape index (κ3) is 5.52. The van der Waals surface area contributed by atoms with Crippen LogP contribution < -0.4 is 0 Å². The monoisotopic (exact) mass is 324 g/mol. The molecular formula is C15H17ClN2O2S. The van der Waals surface area contributed by atoms with E-state index in [2.05, 4.69) is 10.1 Å². The molecule has 1 heterocycles. The summed E-state index contributed by atoms with van der Waals surface area (Å²) in [5, 5.41) is 4.60. The summed E-state index contributed by atoms with van der Waals surface area (Å²) in [4.78, 5) is 17.0. The molecule has 1 aromatic carbocycles. The van der Waals surface area contributed by atoms with E-state index in [0.29, 0.717) is 34.8 Å². The molecule has 0 unspecified atom stereocenters. The molecule has 0 aliphatic rings. The van der Waals surface area contributed by atoms with Crippen LogP contribution in [0.25, 0.3) is 0 Å². The fourth-order valence-electron chi connectivity index (χ4n) is 1.82. The third-order valence-corrected chi connectivity index (χ3v) is 3.88. The number of benzene rings is 1. The molecule has 0 amide bonds. The standard InChI is InChI=1S/C15H17ClN2O2S/c1-10(2)6-12(19)8-15-17-14(18-20-15)9-21-13-5-3-4-11(16)7-13/h3-5,7,10H,6,8-9H2,1-2H3. The molecular weight excluding hydrogens is 308 g/mol. The number of aromatic nitrogens is 2. The van der Waals surface area contributed by atoms with Gasteiger partial charge >= 0.3 is 0 Å². The van der Waals surface area contributed by atoms with Gasteiger partial charge in [-0.3, -0.25) is 4.79 Å². The van der Waals surface area contributed by atoms with Crippen molar-refractivity contribution in [1.82, 2.24) is 10.1 Å². The average Bonchev–Trinajstić information content (AvgIpc) is 2.83. The largest absolute Gasteiger partial charge is 0.339 e. The second-order valence-electron chi connectivity index (χ2n) is 5.16. The zero-order chi connectivity index (χ0) is 15.2. The van der Waals surface area contributed by atoms with Crippen LogP contribution in [-0.2, 0) is 17.0 Å². The van der Waals surface area contributed by atoms with Crippen molar-refractivity contribution < 1.29 is 9.32 Å². The highest BCUT2D eigenvalue weighted by atomic mass is 35.5. The third-order valence-electron chi connectivity index (χ3n) is 2.66. The van der Waals surface area contributed by atoms with E-state index in [4.69, 9.17) is 16.1 Å². The summed E-state index contributed by atoms with van der Waals surface area (Å²) in [6, 6.07) is 7.60. The van der Waals surface area contributed by atoms with Crippen LogP contribution in [0.2, 0.25) is 5.02 Å². The van der Waals surface area contributed by atoms with Crippen molar-refractivity contribution in [3.63, 3.8) is 0 Å². The summed E-state index contributed by atoms with van der Waals surface area (Å²) in [6.07, 6.45) is 0.752. The molecule has 4 nitrogen and oxygen atoms in total. The molecule has 0 aliphatic carbocycles. The Hall–Kier alpha value is -1.33. The number of carbonyl (C=O) groups is 1. The number of thioether (sulfide) groups is 1. The summed E-state index contributed by atoms with van der Waals surface area (Å²) in [6.45, 7) is 4.03. The highest BCUT2D eigenvalue weighted by molar-refractivity contribution is 7.98. The highest BCUT2D eigenvalue weighted by Crippen LogP contribution is 2.24. The molecule has 112 valence electrons. The van der Waals surface area contributed by atoms with Gasteiger partial charge in [-0.2, -0.15) is 4.98 Å². The van der Waals surface area contributed by atoms with Gasteiger partial charge in [-0.15, -0.1) is 11.8 Å². The predicted molar refractivity (Wildman–Crippen MR) is 83.5 cm³/mol. The number of halogens is 1. The smallest absolute Gasteiger partial charge is 0.234 e. The fraction of sp³-hybridized carbons (Fsp3) is 0.400. The van der Waals surface area contributed by atoms with Gasteiger partial charge in [0.25, 0.3) is 0 Å². The number of nitrogens with zero attached hydrogens (tertiary/aromatic N) is 2. The van der Waals surface area contributed by atoms with Crippen LogP contribution in [0, 0.1) is 5.92 Å². The van der Waals surface area contributed by atoms with Gasteiger partial charge in [0, 0.05) is 16.3 Å². The Morgan fingerprint density at radius 2 is 2.24 bits per heavy atom. The fourth-order valence-corrected chi connectivity index (χ4v) is 2.87. The first-order valence-electron chi connectivity index (χ1n) is 6.74. The van der Waals surface area contributed by atoms with Gasteiger partial charge in [-0.25, -0.2) is 0 Å². The summed E-state index contributed by atoms with van der Waals surface area (Å²) in [5.41, 5.74) is 0. The molecule has 21 heavy (non-hydrogen) atoms. The van der Waals surface area contributed by atoms with Crippen molar-refractivity contribution in [2.75, 3.05) is 0 Å². The second kappa shape index (κ2) is 7.61. The molecule has 2 aromatic rings. The number of Topliss-reactive ketones (excluding diaryl/α,β-unsaturated/α-hetero) is 1. The molecule has 6 heteroatoms. The van der Waals surface area contributed by atoms with Gasteiger partial charge in [-0.1, -0.05) is 36.7 Å².